The van der Waals surface area contributed by atoms with Gasteiger partial charge in [0.1, 0.15) is 5.52 Å². The minimum Gasteiger partial charge on any atom is -0.441 e. The normalized spacial score (nSPS) is 10.9. The second kappa shape index (κ2) is 3.92. The number of nitrogens with two attached hydrogens (primary N) is 1. The van der Waals surface area contributed by atoms with E-state index in [1.54, 1.807) is 12.3 Å². The number of benzene rings is 1. The van der Waals surface area contributed by atoms with E-state index in [-0.39, 0.29) is 0 Å². The number of hydrogen-bond acceptors (Lipinski definition) is 5. The molecule has 0 aliphatic rings. The van der Waals surface area contributed by atoms with E-state index in [0.717, 1.165) is 11.1 Å². The van der Waals surface area contributed by atoms with Gasteiger partial charge in [-0.1, -0.05) is 6.07 Å². The third kappa shape index (κ3) is 1.76. The number of primary amides is 1. The summed E-state index contributed by atoms with van der Waals surface area (Å²) in [5.74, 6) is 0.112. The van der Waals surface area contributed by atoms with Gasteiger partial charge in [-0.2, -0.15) is 0 Å². The van der Waals surface area contributed by atoms with Gasteiger partial charge in [0, 0.05) is 17.9 Å². The maximum atomic E-state index is 11.0. The summed E-state index contributed by atoms with van der Waals surface area (Å²) in [7, 11) is 0. The van der Waals surface area contributed by atoms with Crippen molar-refractivity contribution in [2.75, 3.05) is 0 Å². The number of aromatic nitrogens is 2. The molecule has 0 unspecified atom stereocenters. The lowest BCUT2D eigenvalue weighted by Crippen LogP contribution is -2.10. The molecule has 2 aromatic heterocycles. The van der Waals surface area contributed by atoms with E-state index < -0.39 is 5.91 Å². The lowest BCUT2D eigenvalue weighted by Gasteiger charge is -1.95. The number of carbonyl (C=O) groups excluding carboxylic acids is 1. The Morgan fingerprint density at radius 2 is 2.22 bits per heavy atom. The van der Waals surface area contributed by atoms with Crippen LogP contribution in [0, 0.1) is 6.92 Å². The first kappa shape index (κ1) is 10.9. The number of thiazole rings is 1. The van der Waals surface area contributed by atoms with Crippen molar-refractivity contribution in [2.45, 2.75) is 6.92 Å². The predicted octanol–water partition coefficient (Wildman–Crippen LogP) is 2.36. The summed E-state index contributed by atoms with van der Waals surface area (Å²) in [6.45, 7) is 1.80. The second-order valence-corrected chi connectivity index (χ2v) is 4.68. The quantitative estimate of drug-likeness (QED) is 0.765. The van der Waals surface area contributed by atoms with Gasteiger partial charge < -0.3 is 10.2 Å². The van der Waals surface area contributed by atoms with Crippen molar-refractivity contribution in [3.8, 4) is 11.3 Å². The zero-order chi connectivity index (χ0) is 12.7. The molecule has 6 heteroatoms. The van der Waals surface area contributed by atoms with Gasteiger partial charge in [0.25, 0.3) is 5.91 Å². The number of fused-ring (bicyclic) bond motifs is 1. The molecule has 1 aromatic carbocycles. The van der Waals surface area contributed by atoms with Crippen molar-refractivity contribution in [1.82, 2.24) is 9.97 Å². The number of oxazole rings is 1. The Morgan fingerprint density at radius 1 is 1.39 bits per heavy atom. The van der Waals surface area contributed by atoms with Gasteiger partial charge in [-0.05, 0) is 12.1 Å². The molecular formula is C12H9N3O2S. The smallest absolute Gasteiger partial charge is 0.277 e. The molecule has 2 heterocycles. The molecule has 0 bridgehead atoms. The first-order valence-corrected chi connectivity index (χ1v) is 6.14. The fourth-order valence-electron chi connectivity index (χ4n) is 1.72. The van der Waals surface area contributed by atoms with E-state index in [4.69, 9.17) is 10.2 Å². The minimum absolute atomic E-state index is 0.304. The maximum Gasteiger partial charge on any atom is 0.277 e. The molecule has 0 atom stereocenters. The van der Waals surface area contributed by atoms with Crippen LogP contribution in [0.2, 0.25) is 0 Å². The third-order valence-electron chi connectivity index (χ3n) is 2.51. The first-order chi connectivity index (χ1) is 8.63. The molecule has 0 radical (unpaired) electrons. The Kier molecular flexibility index (Phi) is 2.38. The molecule has 0 fully saturated rings. The van der Waals surface area contributed by atoms with Crippen molar-refractivity contribution in [2.24, 2.45) is 5.73 Å². The number of amides is 1. The van der Waals surface area contributed by atoms with Crippen LogP contribution in [0.15, 0.2) is 28.0 Å². The van der Waals surface area contributed by atoms with Crippen LogP contribution in [-0.4, -0.2) is 15.9 Å². The largest absolute Gasteiger partial charge is 0.441 e. The maximum absolute atomic E-state index is 11.0. The highest BCUT2D eigenvalue weighted by atomic mass is 32.1. The molecule has 0 spiro atoms. The Labute approximate surface area is 106 Å². The Balaban J connectivity index is 2.09. The zero-order valence-corrected chi connectivity index (χ0v) is 10.3. The summed E-state index contributed by atoms with van der Waals surface area (Å²) >= 11 is 1.23. The molecular weight excluding hydrogens is 250 g/mol. The molecule has 5 nitrogen and oxygen atoms in total. The fourth-order valence-corrected chi connectivity index (χ4v) is 2.40. The van der Waals surface area contributed by atoms with E-state index in [1.165, 1.54) is 11.3 Å². The highest BCUT2D eigenvalue weighted by Crippen LogP contribution is 2.26. The molecule has 2 N–H and O–H groups in total. The molecule has 0 aliphatic carbocycles. The summed E-state index contributed by atoms with van der Waals surface area (Å²) in [4.78, 5) is 19.4. The van der Waals surface area contributed by atoms with Gasteiger partial charge in [0.05, 0.1) is 5.69 Å². The molecule has 0 saturated carbocycles. The summed E-state index contributed by atoms with van der Waals surface area (Å²) < 4.78 is 5.46. The summed E-state index contributed by atoms with van der Waals surface area (Å²) in [6.07, 6.45) is 0. The van der Waals surface area contributed by atoms with Crippen LogP contribution in [0.3, 0.4) is 0 Å². The van der Waals surface area contributed by atoms with Crippen molar-refractivity contribution < 1.29 is 9.21 Å². The molecule has 3 rings (SSSR count). The van der Waals surface area contributed by atoms with Crippen molar-refractivity contribution in [1.29, 1.82) is 0 Å². The fraction of sp³-hybridized carbons (Fsp3) is 0.0833. The van der Waals surface area contributed by atoms with Crippen LogP contribution in [0.5, 0.6) is 0 Å². The van der Waals surface area contributed by atoms with Crippen LogP contribution >= 0.6 is 11.3 Å². The highest BCUT2D eigenvalue weighted by Gasteiger charge is 2.10. The molecule has 1 amide bonds. The number of hydrogen-bond donors (Lipinski definition) is 1. The van der Waals surface area contributed by atoms with Gasteiger partial charge in [0.15, 0.2) is 16.5 Å². The molecule has 0 saturated heterocycles. The van der Waals surface area contributed by atoms with E-state index in [0.29, 0.717) is 22.2 Å². The summed E-state index contributed by atoms with van der Waals surface area (Å²) in [5, 5.41) is 2.10. The van der Waals surface area contributed by atoms with E-state index in [1.807, 2.05) is 18.2 Å². The van der Waals surface area contributed by atoms with Crippen LogP contribution in [-0.2, 0) is 0 Å². The van der Waals surface area contributed by atoms with Gasteiger partial charge >= 0.3 is 0 Å². The van der Waals surface area contributed by atoms with Crippen molar-refractivity contribution in [3.63, 3.8) is 0 Å². The number of nitrogens with zero attached hydrogens (tertiary/aromatic N) is 2. The minimum atomic E-state index is -0.511. The average Bonchev–Trinajstić information content (AvgIpc) is 2.91. The van der Waals surface area contributed by atoms with Crippen LogP contribution < -0.4 is 5.73 Å². The Morgan fingerprint density at radius 3 is 2.94 bits per heavy atom. The highest BCUT2D eigenvalue weighted by molar-refractivity contribution is 7.12. The number of aryl methyl sites for hydroxylation is 1. The molecule has 90 valence electrons. The van der Waals surface area contributed by atoms with Gasteiger partial charge in [-0.25, -0.2) is 9.97 Å². The summed E-state index contributed by atoms with van der Waals surface area (Å²) in [6, 6.07) is 5.61. The zero-order valence-electron chi connectivity index (χ0n) is 9.51. The van der Waals surface area contributed by atoms with Crippen LogP contribution in [0.1, 0.15) is 15.7 Å². The number of rotatable bonds is 2. The van der Waals surface area contributed by atoms with Gasteiger partial charge in [-0.15, -0.1) is 11.3 Å². The van der Waals surface area contributed by atoms with Gasteiger partial charge in [0.2, 0.25) is 0 Å². The summed E-state index contributed by atoms with van der Waals surface area (Å²) in [5.41, 5.74) is 8.28. The third-order valence-corrected chi connectivity index (χ3v) is 3.36. The SMILES string of the molecule is Cc1nc2ccc(-c3csc(C(N)=O)n3)cc2o1. The Bertz CT molecular complexity index is 745. The lowest BCUT2D eigenvalue weighted by atomic mass is 10.1. The monoisotopic (exact) mass is 259 g/mol. The van der Waals surface area contributed by atoms with Crippen molar-refractivity contribution >= 4 is 28.3 Å². The number of carbonyl (C=O) groups is 1. The topological polar surface area (TPSA) is 82.0 Å². The van der Waals surface area contributed by atoms with Crippen LogP contribution in [0.4, 0.5) is 0 Å². The van der Waals surface area contributed by atoms with Crippen LogP contribution in [0.25, 0.3) is 22.4 Å². The predicted molar refractivity (Wildman–Crippen MR) is 68.4 cm³/mol. The average molecular weight is 259 g/mol. The molecule has 3 aromatic rings. The van der Waals surface area contributed by atoms with Gasteiger partial charge in [-0.3, -0.25) is 4.79 Å². The van der Waals surface area contributed by atoms with E-state index in [9.17, 15) is 4.79 Å². The first-order valence-electron chi connectivity index (χ1n) is 5.26. The molecule has 18 heavy (non-hydrogen) atoms. The van der Waals surface area contributed by atoms with E-state index in [2.05, 4.69) is 9.97 Å². The molecule has 0 aliphatic heterocycles. The second-order valence-electron chi connectivity index (χ2n) is 3.82. The van der Waals surface area contributed by atoms with E-state index >= 15 is 0 Å². The standard InChI is InChI=1S/C12H9N3O2S/c1-6-14-8-3-2-7(4-10(8)17-6)9-5-18-12(15-9)11(13)16/h2-5H,1H3,(H2,13,16). The van der Waals surface area contributed by atoms with Crippen molar-refractivity contribution in [3.05, 3.63) is 34.5 Å². The Hall–Kier alpha value is -2.21. The lowest BCUT2D eigenvalue weighted by molar-refractivity contribution is 0.1000.